The molecule has 2 aromatic rings. The summed E-state index contributed by atoms with van der Waals surface area (Å²) in [7, 11) is 0. The molecule has 2 heterocycles. The number of halogens is 2. The number of hydrogen-bond donors (Lipinski definition) is 1. The molecule has 1 aliphatic rings. The van der Waals surface area contributed by atoms with Gasteiger partial charge in [0.25, 0.3) is 0 Å². The van der Waals surface area contributed by atoms with E-state index in [-0.39, 0.29) is 24.1 Å². The Morgan fingerprint density at radius 3 is 2.79 bits per heavy atom. The first kappa shape index (κ1) is 22.3. The zero-order valence-electron chi connectivity index (χ0n) is 16.4. The molecule has 28 heavy (non-hydrogen) atoms. The second-order valence-corrected chi connectivity index (χ2v) is 7.11. The van der Waals surface area contributed by atoms with E-state index in [1.54, 1.807) is 19.1 Å². The van der Waals surface area contributed by atoms with Crippen molar-refractivity contribution in [2.45, 2.75) is 39.5 Å². The number of amides is 1. The van der Waals surface area contributed by atoms with Gasteiger partial charge in [-0.15, -0.1) is 12.4 Å². The van der Waals surface area contributed by atoms with Crippen LogP contribution in [0.1, 0.15) is 37.6 Å². The van der Waals surface area contributed by atoms with E-state index < -0.39 is 0 Å². The molecular formula is C20H28ClFN4O2. The van der Waals surface area contributed by atoms with Crippen LogP contribution in [-0.2, 0) is 11.2 Å². The summed E-state index contributed by atoms with van der Waals surface area (Å²) in [5, 5.41) is 7.28. The number of nitrogens with zero attached hydrogens (tertiary/aromatic N) is 3. The van der Waals surface area contributed by atoms with Crippen molar-refractivity contribution in [2.75, 3.05) is 26.2 Å². The van der Waals surface area contributed by atoms with Crippen LogP contribution < -0.4 is 5.32 Å². The van der Waals surface area contributed by atoms with Gasteiger partial charge in [0.1, 0.15) is 5.82 Å². The maximum Gasteiger partial charge on any atom is 0.227 e. The quantitative estimate of drug-likeness (QED) is 0.757. The number of benzene rings is 1. The number of aryl methyl sites for hydroxylation is 2. The van der Waals surface area contributed by atoms with E-state index >= 15 is 0 Å². The molecule has 0 saturated carbocycles. The summed E-state index contributed by atoms with van der Waals surface area (Å²) in [6.07, 6.45) is 2.84. The van der Waals surface area contributed by atoms with Crippen molar-refractivity contribution in [3.05, 3.63) is 35.5 Å². The molecule has 1 aliphatic heterocycles. The minimum absolute atomic E-state index is 0. The summed E-state index contributed by atoms with van der Waals surface area (Å²) >= 11 is 0. The standard InChI is InChI=1S/C20H27FN4O2.ClH/c1-3-22-13-15-8-10-25(11-9-15)19(26)7-6-18-23-20(24-27-18)16-5-4-14(2)17(21)12-16;/h4-5,12,15,22H,3,6-11,13H2,1-2H3;1H. The normalized spacial score (nSPS) is 14.8. The average molecular weight is 411 g/mol. The van der Waals surface area contributed by atoms with Crippen LogP contribution in [0.25, 0.3) is 11.4 Å². The molecule has 3 rings (SSSR count). The van der Waals surface area contributed by atoms with Gasteiger partial charge < -0.3 is 14.7 Å². The van der Waals surface area contributed by atoms with Crippen LogP contribution in [0.2, 0.25) is 0 Å². The summed E-state index contributed by atoms with van der Waals surface area (Å²) in [5.74, 6) is 1.23. The van der Waals surface area contributed by atoms with E-state index in [2.05, 4.69) is 22.4 Å². The summed E-state index contributed by atoms with van der Waals surface area (Å²) < 4.78 is 18.9. The van der Waals surface area contributed by atoms with Crippen LogP contribution in [0.3, 0.4) is 0 Å². The van der Waals surface area contributed by atoms with E-state index in [0.717, 1.165) is 39.0 Å². The highest BCUT2D eigenvalue weighted by Gasteiger charge is 2.22. The first-order valence-electron chi connectivity index (χ1n) is 9.64. The van der Waals surface area contributed by atoms with Crippen molar-refractivity contribution >= 4 is 18.3 Å². The fourth-order valence-electron chi connectivity index (χ4n) is 3.31. The molecule has 0 atom stereocenters. The lowest BCUT2D eigenvalue weighted by Gasteiger charge is -2.32. The van der Waals surface area contributed by atoms with Gasteiger partial charge >= 0.3 is 0 Å². The van der Waals surface area contributed by atoms with Crippen LogP contribution in [0.5, 0.6) is 0 Å². The minimum Gasteiger partial charge on any atom is -0.343 e. The molecule has 0 unspecified atom stereocenters. The molecule has 1 fully saturated rings. The Bertz CT molecular complexity index is 775. The number of carbonyl (C=O) groups excluding carboxylic acids is 1. The Kier molecular flexibility index (Phi) is 8.38. The molecule has 0 spiro atoms. The number of likely N-dealkylation sites (tertiary alicyclic amines) is 1. The highest BCUT2D eigenvalue weighted by atomic mass is 35.5. The summed E-state index contributed by atoms with van der Waals surface area (Å²) in [6, 6.07) is 4.84. The number of rotatable bonds is 7. The van der Waals surface area contributed by atoms with E-state index in [9.17, 15) is 9.18 Å². The maximum absolute atomic E-state index is 13.7. The van der Waals surface area contributed by atoms with Crippen molar-refractivity contribution in [2.24, 2.45) is 5.92 Å². The van der Waals surface area contributed by atoms with Gasteiger partial charge in [-0.3, -0.25) is 4.79 Å². The molecule has 6 nitrogen and oxygen atoms in total. The van der Waals surface area contributed by atoms with Gasteiger partial charge in [-0.05, 0) is 50.4 Å². The van der Waals surface area contributed by atoms with Crippen molar-refractivity contribution in [1.82, 2.24) is 20.4 Å². The zero-order chi connectivity index (χ0) is 19.2. The van der Waals surface area contributed by atoms with Gasteiger partial charge in [-0.1, -0.05) is 24.2 Å². The lowest BCUT2D eigenvalue weighted by atomic mass is 9.96. The fraction of sp³-hybridized carbons (Fsp3) is 0.550. The zero-order valence-corrected chi connectivity index (χ0v) is 17.2. The predicted molar refractivity (Wildman–Crippen MR) is 108 cm³/mol. The predicted octanol–water partition coefficient (Wildman–Crippen LogP) is 3.39. The SMILES string of the molecule is CCNCC1CCN(C(=O)CCc2nc(-c3ccc(C)c(F)c3)no2)CC1.Cl. The highest BCUT2D eigenvalue weighted by Crippen LogP contribution is 2.20. The molecule has 1 aromatic heterocycles. The number of aromatic nitrogens is 2. The number of hydrogen-bond acceptors (Lipinski definition) is 5. The van der Waals surface area contributed by atoms with E-state index in [1.807, 2.05) is 4.90 Å². The van der Waals surface area contributed by atoms with Crippen LogP contribution in [0.4, 0.5) is 4.39 Å². The van der Waals surface area contributed by atoms with Crippen molar-refractivity contribution in [3.63, 3.8) is 0 Å². The Morgan fingerprint density at radius 1 is 1.36 bits per heavy atom. The Labute approximate surface area is 171 Å². The van der Waals surface area contributed by atoms with Gasteiger partial charge in [-0.2, -0.15) is 4.98 Å². The molecule has 0 radical (unpaired) electrons. The van der Waals surface area contributed by atoms with Crippen molar-refractivity contribution in [1.29, 1.82) is 0 Å². The first-order valence-corrected chi connectivity index (χ1v) is 9.64. The largest absolute Gasteiger partial charge is 0.343 e. The van der Waals surface area contributed by atoms with Crippen molar-refractivity contribution < 1.29 is 13.7 Å². The van der Waals surface area contributed by atoms with Gasteiger partial charge in [0.2, 0.25) is 17.6 Å². The molecule has 1 aromatic carbocycles. The number of piperidine rings is 1. The van der Waals surface area contributed by atoms with E-state index in [1.165, 1.54) is 6.07 Å². The molecule has 1 amide bonds. The van der Waals surface area contributed by atoms with Crippen LogP contribution >= 0.6 is 12.4 Å². The van der Waals surface area contributed by atoms with E-state index in [0.29, 0.717) is 41.6 Å². The molecule has 0 bridgehead atoms. The average Bonchev–Trinajstić information content (AvgIpc) is 3.16. The molecular weight excluding hydrogens is 383 g/mol. The topological polar surface area (TPSA) is 71.3 Å². The lowest BCUT2D eigenvalue weighted by molar-refractivity contribution is -0.132. The van der Waals surface area contributed by atoms with Gasteiger partial charge in [0, 0.05) is 31.5 Å². The first-order chi connectivity index (χ1) is 13.1. The summed E-state index contributed by atoms with van der Waals surface area (Å²) in [6.45, 7) is 7.45. The Morgan fingerprint density at radius 2 is 2.11 bits per heavy atom. The van der Waals surface area contributed by atoms with E-state index in [4.69, 9.17) is 4.52 Å². The summed E-state index contributed by atoms with van der Waals surface area (Å²) in [4.78, 5) is 18.6. The van der Waals surface area contributed by atoms with Gasteiger partial charge in [0.15, 0.2) is 0 Å². The maximum atomic E-state index is 13.7. The number of nitrogens with one attached hydrogen (secondary N) is 1. The van der Waals surface area contributed by atoms with Crippen molar-refractivity contribution in [3.8, 4) is 11.4 Å². The third-order valence-electron chi connectivity index (χ3n) is 5.10. The Hall–Kier alpha value is -1.99. The second-order valence-electron chi connectivity index (χ2n) is 7.11. The highest BCUT2D eigenvalue weighted by molar-refractivity contribution is 5.85. The smallest absolute Gasteiger partial charge is 0.227 e. The lowest BCUT2D eigenvalue weighted by Crippen LogP contribution is -2.40. The van der Waals surface area contributed by atoms with Gasteiger partial charge in [0.05, 0.1) is 0 Å². The molecule has 8 heteroatoms. The van der Waals surface area contributed by atoms with Crippen LogP contribution in [0.15, 0.2) is 22.7 Å². The van der Waals surface area contributed by atoms with Gasteiger partial charge in [-0.25, -0.2) is 4.39 Å². The molecule has 154 valence electrons. The Balaban J connectivity index is 0.00000280. The molecule has 1 saturated heterocycles. The summed E-state index contributed by atoms with van der Waals surface area (Å²) in [5.41, 5.74) is 1.14. The van der Waals surface area contributed by atoms with Crippen LogP contribution in [-0.4, -0.2) is 47.1 Å². The monoisotopic (exact) mass is 410 g/mol. The fourth-order valence-corrected chi connectivity index (χ4v) is 3.31. The molecule has 1 N–H and O–H groups in total. The third-order valence-corrected chi connectivity index (χ3v) is 5.10. The third kappa shape index (κ3) is 5.75. The second kappa shape index (κ2) is 10.5. The van der Waals surface area contributed by atoms with Crippen LogP contribution in [0, 0.1) is 18.7 Å². The number of carbonyl (C=O) groups is 1. The molecule has 0 aliphatic carbocycles. The minimum atomic E-state index is -0.299.